The third kappa shape index (κ3) is 4.44. The number of ether oxygens (including phenoxy) is 1. The molecule has 2 N–H and O–H groups in total. The zero-order valence-electron chi connectivity index (χ0n) is 10.8. The number of nitrogens with two attached hydrogens (primary N) is 1. The molecule has 3 nitrogen and oxygen atoms in total. The predicted molar refractivity (Wildman–Crippen MR) is 81.1 cm³/mol. The maximum absolute atomic E-state index is 11.6. The normalized spacial score (nSPS) is 10.7. The highest BCUT2D eigenvalue weighted by atomic mass is 35.5. The Morgan fingerprint density at radius 3 is 2.75 bits per heavy atom. The fourth-order valence-electron chi connectivity index (χ4n) is 1.66. The van der Waals surface area contributed by atoms with Gasteiger partial charge in [-0.1, -0.05) is 35.9 Å². The Labute approximate surface area is 122 Å². The fourth-order valence-corrected chi connectivity index (χ4v) is 1.87. The Morgan fingerprint density at radius 2 is 2.00 bits per heavy atom. The molecule has 2 aromatic carbocycles. The van der Waals surface area contributed by atoms with E-state index < -0.39 is 5.97 Å². The summed E-state index contributed by atoms with van der Waals surface area (Å²) < 4.78 is 5.12. The second kappa shape index (κ2) is 6.78. The number of benzene rings is 2. The topological polar surface area (TPSA) is 52.3 Å². The van der Waals surface area contributed by atoms with Crippen LogP contribution in [0.4, 0.5) is 5.69 Å². The molecule has 0 bridgehead atoms. The first-order chi connectivity index (χ1) is 9.63. The number of anilines is 1. The van der Waals surface area contributed by atoms with Crippen LogP contribution in [-0.4, -0.2) is 5.97 Å². The van der Waals surface area contributed by atoms with Crippen molar-refractivity contribution in [2.45, 2.75) is 6.61 Å². The van der Waals surface area contributed by atoms with Crippen molar-refractivity contribution >= 4 is 29.3 Å². The van der Waals surface area contributed by atoms with Gasteiger partial charge in [-0.15, -0.1) is 0 Å². The van der Waals surface area contributed by atoms with Crippen LogP contribution in [0.15, 0.2) is 54.6 Å². The Balaban J connectivity index is 1.89. The Bertz CT molecular complexity index is 638. The van der Waals surface area contributed by atoms with Gasteiger partial charge in [0.15, 0.2) is 0 Å². The van der Waals surface area contributed by atoms with Gasteiger partial charge in [0.2, 0.25) is 0 Å². The van der Waals surface area contributed by atoms with Gasteiger partial charge >= 0.3 is 5.97 Å². The quantitative estimate of drug-likeness (QED) is 0.530. The first-order valence-electron chi connectivity index (χ1n) is 6.08. The lowest BCUT2D eigenvalue weighted by atomic mass is 10.2. The minimum absolute atomic E-state index is 0.195. The lowest BCUT2D eigenvalue weighted by molar-refractivity contribution is -0.138. The van der Waals surface area contributed by atoms with Crippen molar-refractivity contribution in [3.05, 3.63) is 70.8 Å². The number of esters is 1. The average molecular weight is 288 g/mol. The molecule has 0 saturated heterocycles. The van der Waals surface area contributed by atoms with Gasteiger partial charge in [0, 0.05) is 16.8 Å². The van der Waals surface area contributed by atoms with Gasteiger partial charge in [-0.3, -0.25) is 0 Å². The number of rotatable bonds is 4. The molecular weight excluding hydrogens is 274 g/mol. The summed E-state index contributed by atoms with van der Waals surface area (Å²) in [5.74, 6) is -0.410. The number of hydrogen-bond donors (Lipinski definition) is 1. The second-order valence-electron chi connectivity index (χ2n) is 4.24. The summed E-state index contributed by atoms with van der Waals surface area (Å²) >= 11 is 5.85. The molecule has 0 saturated carbocycles. The standard InChI is InChI=1S/C16H14ClNO2/c17-14-5-1-4-13(9-14)11-20-16(19)8-7-12-3-2-6-15(18)10-12/h1-10H,11,18H2/b8-7+. The fraction of sp³-hybridized carbons (Fsp3) is 0.0625. The van der Waals surface area contributed by atoms with E-state index in [0.29, 0.717) is 10.7 Å². The van der Waals surface area contributed by atoms with Crippen molar-refractivity contribution < 1.29 is 9.53 Å². The number of hydrogen-bond acceptors (Lipinski definition) is 3. The molecule has 0 unspecified atom stereocenters. The number of carbonyl (C=O) groups is 1. The summed E-state index contributed by atoms with van der Waals surface area (Å²) in [7, 11) is 0. The summed E-state index contributed by atoms with van der Waals surface area (Å²) in [5.41, 5.74) is 8.01. The largest absolute Gasteiger partial charge is 0.458 e. The zero-order chi connectivity index (χ0) is 14.4. The lowest BCUT2D eigenvalue weighted by Gasteiger charge is -2.02. The second-order valence-corrected chi connectivity index (χ2v) is 4.68. The van der Waals surface area contributed by atoms with Gasteiger partial charge in [0.25, 0.3) is 0 Å². The van der Waals surface area contributed by atoms with Crippen LogP contribution in [0.1, 0.15) is 11.1 Å². The molecule has 2 aromatic rings. The van der Waals surface area contributed by atoms with Crippen LogP contribution in [0, 0.1) is 0 Å². The molecule has 102 valence electrons. The third-order valence-electron chi connectivity index (χ3n) is 2.59. The maximum Gasteiger partial charge on any atom is 0.331 e. The van der Waals surface area contributed by atoms with E-state index in [1.165, 1.54) is 6.08 Å². The van der Waals surface area contributed by atoms with E-state index in [0.717, 1.165) is 11.1 Å². The molecule has 0 aliphatic rings. The molecule has 0 amide bonds. The zero-order valence-corrected chi connectivity index (χ0v) is 11.5. The molecule has 0 spiro atoms. The maximum atomic E-state index is 11.6. The average Bonchev–Trinajstić information content (AvgIpc) is 2.43. The molecular formula is C16H14ClNO2. The third-order valence-corrected chi connectivity index (χ3v) is 2.83. The Morgan fingerprint density at radius 1 is 1.20 bits per heavy atom. The van der Waals surface area contributed by atoms with Crippen molar-refractivity contribution in [3.63, 3.8) is 0 Å². The summed E-state index contributed by atoms with van der Waals surface area (Å²) in [6, 6.07) is 14.4. The number of nitrogen functional groups attached to an aromatic ring is 1. The van der Waals surface area contributed by atoms with Gasteiger partial charge in [-0.05, 0) is 41.5 Å². The molecule has 0 aliphatic carbocycles. The predicted octanol–water partition coefficient (Wildman–Crippen LogP) is 3.68. The highest BCUT2D eigenvalue weighted by Gasteiger charge is 1.99. The van der Waals surface area contributed by atoms with Crippen LogP contribution in [0.25, 0.3) is 6.08 Å². The van der Waals surface area contributed by atoms with Gasteiger partial charge in [-0.25, -0.2) is 4.79 Å². The first-order valence-corrected chi connectivity index (χ1v) is 6.46. The van der Waals surface area contributed by atoms with Crippen molar-refractivity contribution in [2.75, 3.05) is 5.73 Å². The smallest absolute Gasteiger partial charge is 0.331 e. The van der Waals surface area contributed by atoms with Crippen LogP contribution in [0.3, 0.4) is 0 Å². The van der Waals surface area contributed by atoms with Gasteiger partial charge in [-0.2, -0.15) is 0 Å². The summed E-state index contributed by atoms with van der Waals surface area (Å²) in [6.07, 6.45) is 3.04. The van der Waals surface area contributed by atoms with Crippen LogP contribution in [0.2, 0.25) is 5.02 Å². The van der Waals surface area contributed by atoms with Crippen LogP contribution in [-0.2, 0) is 16.1 Å². The Kier molecular flexibility index (Phi) is 4.80. The van der Waals surface area contributed by atoms with Gasteiger partial charge < -0.3 is 10.5 Å². The minimum Gasteiger partial charge on any atom is -0.458 e. The number of halogens is 1. The van der Waals surface area contributed by atoms with Crippen molar-refractivity contribution in [1.82, 2.24) is 0 Å². The van der Waals surface area contributed by atoms with Crippen LogP contribution < -0.4 is 5.73 Å². The molecule has 0 aliphatic heterocycles. The monoisotopic (exact) mass is 287 g/mol. The first kappa shape index (κ1) is 14.2. The molecule has 20 heavy (non-hydrogen) atoms. The van der Waals surface area contributed by atoms with E-state index in [-0.39, 0.29) is 6.61 Å². The highest BCUT2D eigenvalue weighted by Crippen LogP contribution is 2.12. The minimum atomic E-state index is -0.410. The van der Waals surface area contributed by atoms with E-state index in [9.17, 15) is 4.79 Å². The Hall–Kier alpha value is -2.26. The molecule has 0 atom stereocenters. The van der Waals surface area contributed by atoms with Gasteiger partial charge in [0.05, 0.1) is 0 Å². The molecule has 0 fully saturated rings. The van der Waals surface area contributed by atoms with Crippen molar-refractivity contribution in [2.24, 2.45) is 0 Å². The summed E-state index contributed by atoms with van der Waals surface area (Å²) in [5, 5.41) is 0.619. The highest BCUT2D eigenvalue weighted by molar-refractivity contribution is 6.30. The van der Waals surface area contributed by atoms with Crippen molar-refractivity contribution in [1.29, 1.82) is 0 Å². The van der Waals surface area contributed by atoms with E-state index >= 15 is 0 Å². The van der Waals surface area contributed by atoms with E-state index in [1.54, 1.807) is 30.3 Å². The number of carbonyl (C=O) groups excluding carboxylic acids is 1. The van der Waals surface area contributed by atoms with Crippen LogP contribution >= 0.6 is 11.6 Å². The summed E-state index contributed by atoms with van der Waals surface area (Å²) in [4.78, 5) is 11.6. The lowest BCUT2D eigenvalue weighted by Crippen LogP contribution is -2.00. The molecule has 4 heteroatoms. The van der Waals surface area contributed by atoms with Gasteiger partial charge in [0.1, 0.15) is 6.61 Å². The molecule has 0 heterocycles. The SMILES string of the molecule is Nc1cccc(/C=C/C(=O)OCc2cccc(Cl)c2)c1. The van der Waals surface area contributed by atoms with Crippen molar-refractivity contribution in [3.8, 4) is 0 Å². The van der Waals surface area contributed by atoms with E-state index in [4.69, 9.17) is 22.1 Å². The van der Waals surface area contributed by atoms with Crippen LogP contribution in [0.5, 0.6) is 0 Å². The van der Waals surface area contributed by atoms with E-state index in [2.05, 4.69) is 0 Å². The molecule has 2 rings (SSSR count). The molecule has 0 aromatic heterocycles. The molecule has 0 radical (unpaired) electrons. The summed E-state index contributed by atoms with van der Waals surface area (Å²) in [6.45, 7) is 0.195. The van der Waals surface area contributed by atoms with E-state index in [1.807, 2.05) is 24.3 Å².